The molecular weight excluding hydrogens is 192 g/mol. The van der Waals surface area contributed by atoms with Gasteiger partial charge in [0.2, 0.25) is 0 Å². The van der Waals surface area contributed by atoms with Crippen LogP contribution in [0.1, 0.15) is 27.7 Å². The van der Waals surface area contributed by atoms with Crippen LogP contribution in [-0.4, -0.2) is 19.7 Å². The molecule has 0 bridgehead atoms. The summed E-state index contributed by atoms with van der Waals surface area (Å²) < 4.78 is 1.47. The average molecular weight is 210 g/mol. The Morgan fingerprint density at radius 2 is 1.87 bits per heavy atom. The van der Waals surface area contributed by atoms with Crippen molar-refractivity contribution in [2.45, 2.75) is 27.7 Å². The molecule has 5 nitrogen and oxygen atoms in total. The van der Waals surface area contributed by atoms with Crippen LogP contribution in [-0.2, 0) is 0 Å². The summed E-state index contributed by atoms with van der Waals surface area (Å²) in [5.41, 5.74) is 6.10. The van der Waals surface area contributed by atoms with Crippen molar-refractivity contribution in [2.75, 3.05) is 5.73 Å². The minimum atomic E-state index is 0.136. The Morgan fingerprint density at radius 3 is 2.40 bits per heavy atom. The van der Waals surface area contributed by atoms with Crippen LogP contribution in [0.15, 0.2) is 18.6 Å². The summed E-state index contributed by atoms with van der Waals surface area (Å²) in [6.07, 6.45) is 2.80. The molecule has 0 saturated heterocycles. The van der Waals surface area contributed by atoms with Gasteiger partial charge in [0.05, 0.1) is 6.20 Å². The fourth-order valence-electron chi connectivity index (χ4n) is 0.935. The molecule has 0 spiro atoms. The predicted octanol–water partition coefficient (Wildman–Crippen LogP) is 2.07. The Labute approximate surface area is 89.6 Å². The summed E-state index contributed by atoms with van der Waals surface area (Å²) in [5.74, 6) is 0.498. The zero-order chi connectivity index (χ0) is 11.8. The molecule has 0 unspecified atom stereocenters. The standard InChI is InChI=1S/C6H6N4O.2C2H6/c7-6-5-1-4(11)2-10(5)9-3-8-6;2*1-2/h1-3,11H,(H2,7,8,9);2*1-2H3. The van der Waals surface area contributed by atoms with Crippen molar-refractivity contribution in [1.82, 2.24) is 14.6 Å². The van der Waals surface area contributed by atoms with Gasteiger partial charge in [0.1, 0.15) is 17.6 Å². The molecule has 0 atom stereocenters. The molecule has 0 aliphatic heterocycles. The molecular formula is C10H18N4O. The maximum atomic E-state index is 9.04. The molecule has 0 saturated carbocycles. The minimum absolute atomic E-state index is 0.136. The fraction of sp³-hybridized carbons (Fsp3) is 0.400. The van der Waals surface area contributed by atoms with Gasteiger partial charge in [-0.25, -0.2) is 9.50 Å². The highest BCUT2D eigenvalue weighted by atomic mass is 16.3. The maximum absolute atomic E-state index is 9.04. The lowest BCUT2D eigenvalue weighted by atomic mass is 10.5. The SMILES string of the molecule is CC.CC.Nc1ncnn2cc(O)cc12. The van der Waals surface area contributed by atoms with Crippen LogP contribution in [0.3, 0.4) is 0 Å². The first-order valence-corrected chi connectivity index (χ1v) is 5.05. The van der Waals surface area contributed by atoms with Crippen molar-refractivity contribution < 1.29 is 5.11 Å². The molecule has 84 valence electrons. The highest BCUT2D eigenvalue weighted by Crippen LogP contribution is 2.16. The number of anilines is 1. The third-order valence-electron chi connectivity index (χ3n) is 1.42. The second kappa shape index (κ2) is 6.64. The monoisotopic (exact) mass is 210 g/mol. The van der Waals surface area contributed by atoms with Crippen molar-refractivity contribution in [3.8, 4) is 5.75 Å². The summed E-state index contributed by atoms with van der Waals surface area (Å²) in [6, 6.07) is 1.51. The number of nitrogens with zero attached hydrogens (tertiary/aromatic N) is 3. The lowest BCUT2D eigenvalue weighted by Gasteiger charge is -1.93. The third-order valence-corrected chi connectivity index (χ3v) is 1.42. The smallest absolute Gasteiger partial charge is 0.151 e. The number of fused-ring (bicyclic) bond motifs is 1. The van der Waals surface area contributed by atoms with Gasteiger partial charge in [0.15, 0.2) is 5.82 Å². The largest absolute Gasteiger partial charge is 0.506 e. The number of hydrogen-bond acceptors (Lipinski definition) is 4. The van der Waals surface area contributed by atoms with Gasteiger partial charge in [-0.2, -0.15) is 5.10 Å². The van der Waals surface area contributed by atoms with Crippen molar-refractivity contribution in [3.63, 3.8) is 0 Å². The molecule has 0 amide bonds. The van der Waals surface area contributed by atoms with E-state index in [2.05, 4.69) is 10.1 Å². The number of aromatic hydroxyl groups is 1. The molecule has 2 aromatic heterocycles. The Balaban J connectivity index is 0.000000442. The molecule has 0 radical (unpaired) electrons. The number of nitrogens with two attached hydrogens (primary N) is 1. The van der Waals surface area contributed by atoms with Crippen LogP contribution in [0.25, 0.3) is 5.52 Å². The molecule has 0 aromatic carbocycles. The predicted molar refractivity (Wildman–Crippen MR) is 61.8 cm³/mol. The van der Waals surface area contributed by atoms with Gasteiger partial charge < -0.3 is 10.8 Å². The van der Waals surface area contributed by atoms with E-state index in [1.807, 2.05) is 27.7 Å². The first-order valence-electron chi connectivity index (χ1n) is 5.05. The number of nitrogen functional groups attached to an aromatic ring is 1. The summed E-state index contributed by atoms with van der Waals surface area (Å²) in [4.78, 5) is 3.76. The van der Waals surface area contributed by atoms with Crippen molar-refractivity contribution >= 4 is 11.3 Å². The molecule has 2 rings (SSSR count). The molecule has 0 aliphatic rings. The second-order valence-corrected chi connectivity index (χ2v) is 2.17. The lowest BCUT2D eigenvalue weighted by Crippen LogP contribution is -1.96. The normalized spacial score (nSPS) is 8.53. The van der Waals surface area contributed by atoms with E-state index in [1.165, 1.54) is 23.1 Å². The van der Waals surface area contributed by atoms with Gasteiger partial charge in [-0.3, -0.25) is 0 Å². The van der Waals surface area contributed by atoms with Crippen LogP contribution in [0.4, 0.5) is 5.82 Å². The van der Waals surface area contributed by atoms with Crippen molar-refractivity contribution in [3.05, 3.63) is 18.6 Å². The van der Waals surface area contributed by atoms with E-state index in [0.29, 0.717) is 11.3 Å². The van der Waals surface area contributed by atoms with Crippen LogP contribution >= 0.6 is 0 Å². The summed E-state index contributed by atoms with van der Waals surface area (Å²) in [5, 5.41) is 12.9. The number of hydrogen-bond donors (Lipinski definition) is 2. The molecule has 2 heterocycles. The average Bonchev–Trinajstić information content (AvgIpc) is 2.66. The summed E-state index contributed by atoms with van der Waals surface area (Å²) >= 11 is 0. The van der Waals surface area contributed by atoms with Crippen LogP contribution < -0.4 is 5.73 Å². The Kier molecular flexibility index (Phi) is 5.85. The first-order chi connectivity index (χ1) is 7.27. The molecule has 0 aliphatic carbocycles. The fourth-order valence-corrected chi connectivity index (χ4v) is 0.935. The van der Waals surface area contributed by atoms with E-state index >= 15 is 0 Å². The highest BCUT2D eigenvalue weighted by Gasteiger charge is 2.01. The third kappa shape index (κ3) is 3.12. The van der Waals surface area contributed by atoms with Gasteiger partial charge in [0.25, 0.3) is 0 Å². The van der Waals surface area contributed by atoms with Gasteiger partial charge in [0, 0.05) is 6.07 Å². The van der Waals surface area contributed by atoms with Crippen LogP contribution in [0, 0.1) is 0 Å². The van der Waals surface area contributed by atoms with E-state index in [-0.39, 0.29) is 5.75 Å². The quantitative estimate of drug-likeness (QED) is 0.697. The Hall–Kier alpha value is -1.78. The summed E-state index contributed by atoms with van der Waals surface area (Å²) in [6.45, 7) is 8.00. The number of rotatable bonds is 0. The van der Waals surface area contributed by atoms with Crippen molar-refractivity contribution in [1.29, 1.82) is 0 Å². The molecule has 0 fully saturated rings. The van der Waals surface area contributed by atoms with E-state index < -0.39 is 0 Å². The second-order valence-electron chi connectivity index (χ2n) is 2.17. The van der Waals surface area contributed by atoms with Gasteiger partial charge in [-0.05, 0) is 0 Å². The van der Waals surface area contributed by atoms with Crippen LogP contribution in [0.2, 0.25) is 0 Å². The summed E-state index contributed by atoms with van der Waals surface area (Å²) in [7, 11) is 0. The minimum Gasteiger partial charge on any atom is -0.506 e. The molecule has 2 aromatic rings. The lowest BCUT2D eigenvalue weighted by molar-refractivity contribution is 0.475. The van der Waals surface area contributed by atoms with E-state index in [0.717, 1.165) is 0 Å². The van der Waals surface area contributed by atoms with Crippen LogP contribution in [0.5, 0.6) is 5.75 Å². The molecule has 5 heteroatoms. The highest BCUT2D eigenvalue weighted by molar-refractivity contribution is 5.66. The van der Waals surface area contributed by atoms with E-state index in [1.54, 1.807) is 0 Å². The van der Waals surface area contributed by atoms with E-state index in [4.69, 9.17) is 10.8 Å². The first kappa shape index (κ1) is 13.2. The Morgan fingerprint density at radius 1 is 1.27 bits per heavy atom. The Bertz CT molecular complexity index is 397. The topological polar surface area (TPSA) is 76.4 Å². The zero-order valence-corrected chi connectivity index (χ0v) is 9.60. The van der Waals surface area contributed by atoms with Crippen molar-refractivity contribution in [2.24, 2.45) is 0 Å². The zero-order valence-electron chi connectivity index (χ0n) is 9.60. The molecule has 15 heavy (non-hydrogen) atoms. The number of aromatic nitrogens is 3. The van der Waals surface area contributed by atoms with Gasteiger partial charge >= 0.3 is 0 Å². The van der Waals surface area contributed by atoms with E-state index in [9.17, 15) is 0 Å². The van der Waals surface area contributed by atoms with Gasteiger partial charge in [-0.15, -0.1) is 0 Å². The molecule has 3 N–H and O–H groups in total. The maximum Gasteiger partial charge on any atom is 0.151 e. The van der Waals surface area contributed by atoms with Gasteiger partial charge in [-0.1, -0.05) is 27.7 Å².